The van der Waals surface area contributed by atoms with Gasteiger partial charge in [0.05, 0.1) is 11.3 Å². The van der Waals surface area contributed by atoms with E-state index in [1.54, 1.807) is 6.07 Å². The van der Waals surface area contributed by atoms with Gasteiger partial charge in [-0.05, 0) is 30.3 Å². The molecule has 0 saturated carbocycles. The normalized spacial score (nSPS) is 9.85. The number of hydrogen-bond donors (Lipinski definition) is 2. The maximum absolute atomic E-state index is 13.1. The van der Waals surface area contributed by atoms with Crippen LogP contribution in [0.5, 0.6) is 5.75 Å². The molecule has 102 valence electrons. The smallest absolute Gasteiger partial charge is 0.124 e. The first-order chi connectivity index (χ1) is 9.72. The number of nitrogens with one attached hydrogen (secondary N) is 1. The fourth-order valence-corrected chi connectivity index (χ4v) is 1.71. The molecule has 20 heavy (non-hydrogen) atoms. The molecule has 2 rings (SSSR count). The largest absolute Gasteiger partial charge is 0.492 e. The third kappa shape index (κ3) is 3.46. The minimum Gasteiger partial charge on any atom is -0.492 e. The van der Waals surface area contributed by atoms with Gasteiger partial charge < -0.3 is 15.8 Å². The van der Waals surface area contributed by atoms with Crippen LogP contribution in [0.4, 0.5) is 15.8 Å². The number of hydrogen-bond acceptors (Lipinski definition) is 4. The molecule has 0 aromatic heterocycles. The monoisotopic (exact) mass is 271 g/mol. The first-order valence-electron chi connectivity index (χ1n) is 6.12. The van der Waals surface area contributed by atoms with Crippen molar-refractivity contribution < 1.29 is 9.13 Å². The van der Waals surface area contributed by atoms with Crippen LogP contribution in [0.25, 0.3) is 0 Å². The van der Waals surface area contributed by atoms with Crippen LogP contribution in [-0.4, -0.2) is 13.2 Å². The number of benzene rings is 2. The first kappa shape index (κ1) is 13.8. The lowest BCUT2D eigenvalue weighted by Crippen LogP contribution is -2.10. The zero-order valence-corrected chi connectivity index (χ0v) is 10.8. The Morgan fingerprint density at radius 2 is 2.10 bits per heavy atom. The molecular weight excluding hydrogens is 257 g/mol. The number of nitriles is 1. The maximum atomic E-state index is 13.1. The SMILES string of the molecule is N#Cc1cc(F)ccc1Nc1cccc(OCCN)c1. The summed E-state index contributed by atoms with van der Waals surface area (Å²) in [6, 6.07) is 13.2. The molecule has 0 aliphatic rings. The van der Waals surface area contributed by atoms with Crippen molar-refractivity contribution in [3.05, 3.63) is 53.8 Å². The molecule has 0 unspecified atom stereocenters. The number of nitrogens with two attached hydrogens (primary N) is 1. The van der Waals surface area contributed by atoms with Gasteiger partial charge in [0.25, 0.3) is 0 Å². The molecule has 0 aliphatic heterocycles. The Hall–Kier alpha value is -2.58. The summed E-state index contributed by atoms with van der Waals surface area (Å²) >= 11 is 0. The van der Waals surface area contributed by atoms with E-state index in [2.05, 4.69) is 5.32 Å². The predicted octanol–water partition coefficient (Wildman–Crippen LogP) is 2.78. The van der Waals surface area contributed by atoms with Crippen molar-refractivity contribution in [2.24, 2.45) is 5.73 Å². The highest BCUT2D eigenvalue weighted by molar-refractivity contribution is 5.67. The van der Waals surface area contributed by atoms with Crippen molar-refractivity contribution in [2.45, 2.75) is 0 Å². The van der Waals surface area contributed by atoms with Gasteiger partial charge in [-0.1, -0.05) is 6.07 Å². The highest BCUT2D eigenvalue weighted by Gasteiger charge is 2.04. The second kappa shape index (κ2) is 6.55. The highest BCUT2D eigenvalue weighted by Crippen LogP contribution is 2.24. The molecule has 0 amide bonds. The average Bonchev–Trinajstić information content (AvgIpc) is 2.47. The number of rotatable bonds is 5. The van der Waals surface area contributed by atoms with Crippen molar-refractivity contribution in [3.63, 3.8) is 0 Å². The highest BCUT2D eigenvalue weighted by atomic mass is 19.1. The molecule has 0 atom stereocenters. The average molecular weight is 271 g/mol. The van der Waals surface area contributed by atoms with E-state index in [-0.39, 0.29) is 5.56 Å². The summed E-state index contributed by atoms with van der Waals surface area (Å²) in [7, 11) is 0. The molecule has 0 spiro atoms. The minimum atomic E-state index is -0.438. The van der Waals surface area contributed by atoms with E-state index in [0.29, 0.717) is 24.6 Å². The Kier molecular flexibility index (Phi) is 4.53. The molecule has 2 aromatic carbocycles. The molecule has 5 heteroatoms. The molecule has 3 N–H and O–H groups in total. The number of ether oxygens (including phenoxy) is 1. The van der Waals surface area contributed by atoms with E-state index in [1.807, 2.05) is 24.3 Å². The molecule has 0 bridgehead atoms. The van der Waals surface area contributed by atoms with E-state index in [4.69, 9.17) is 15.7 Å². The van der Waals surface area contributed by atoms with Gasteiger partial charge in [-0.2, -0.15) is 5.26 Å². The van der Waals surface area contributed by atoms with Crippen LogP contribution in [0.15, 0.2) is 42.5 Å². The third-order valence-electron chi connectivity index (χ3n) is 2.60. The predicted molar refractivity (Wildman–Crippen MR) is 75.4 cm³/mol. The lowest BCUT2D eigenvalue weighted by atomic mass is 10.2. The molecular formula is C15H14FN3O. The molecule has 0 fully saturated rings. The van der Waals surface area contributed by atoms with Crippen molar-refractivity contribution >= 4 is 11.4 Å². The summed E-state index contributed by atoms with van der Waals surface area (Å²) in [4.78, 5) is 0. The van der Waals surface area contributed by atoms with Gasteiger partial charge in [-0.15, -0.1) is 0 Å². The van der Waals surface area contributed by atoms with E-state index >= 15 is 0 Å². The summed E-state index contributed by atoms with van der Waals surface area (Å²) in [6.07, 6.45) is 0. The number of nitrogens with zero attached hydrogens (tertiary/aromatic N) is 1. The fraction of sp³-hybridized carbons (Fsp3) is 0.133. The topological polar surface area (TPSA) is 71.1 Å². The van der Waals surface area contributed by atoms with Gasteiger partial charge in [0.2, 0.25) is 0 Å². The fourth-order valence-electron chi connectivity index (χ4n) is 1.71. The first-order valence-corrected chi connectivity index (χ1v) is 6.12. The van der Waals surface area contributed by atoms with Crippen molar-refractivity contribution in [2.75, 3.05) is 18.5 Å². The van der Waals surface area contributed by atoms with E-state index in [1.165, 1.54) is 18.2 Å². The standard InChI is InChI=1S/C15H14FN3O/c16-12-4-5-15(11(8-12)10-18)19-13-2-1-3-14(9-13)20-7-6-17/h1-5,8-9,19H,6-7,17H2. The van der Waals surface area contributed by atoms with E-state index in [9.17, 15) is 4.39 Å². The molecule has 0 heterocycles. The summed E-state index contributed by atoms with van der Waals surface area (Å²) in [5, 5.41) is 12.1. The van der Waals surface area contributed by atoms with Crippen molar-refractivity contribution in [3.8, 4) is 11.8 Å². The molecule has 4 nitrogen and oxygen atoms in total. The zero-order valence-electron chi connectivity index (χ0n) is 10.8. The lowest BCUT2D eigenvalue weighted by Gasteiger charge is -2.10. The summed E-state index contributed by atoms with van der Waals surface area (Å²) in [5.74, 6) is 0.244. The van der Waals surface area contributed by atoms with Crippen LogP contribution in [-0.2, 0) is 0 Å². The number of anilines is 2. The lowest BCUT2D eigenvalue weighted by molar-refractivity contribution is 0.328. The van der Waals surface area contributed by atoms with Crippen LogP contribution in [0.1, 0.15) is 5.56 Å². The Morgan fingerprint density at radius 3 is 2.85 bits per heavy atom. The van der Waals surface area contributed by atoms with Gasteiger partial charge in [0.1, 0.15) is 24.2 Å². The second-order valence-corrected chi connectivity index (χ2v) is 4.09. The van der Waals surface area contributed by atoms with Crippen molar-refractivity contribution in [1.29, 1.82) is 5.26 Å². The summed E-state index contributed by atoms with van der Waals surface area (Å²) in [5.41, 5.74) is 6.92. The van der Waals surface area contributed by atoms with Crippen LogP contribution in [0, 0.1) is 17.1 Å². The number of halogens is 1. The van der Waals surface area contributed by atoms with Gasteiger partial charge in [-0.25, -0.2) is 4.39 Å². The van der Waals surface area contributed by atoms with Crippen LogP contribution >= 0.6 is 0 Å². The van der Waals surface area contributed by atoms with Gasteiger partial charge in [0.15, 0.2) is 0 Å². The Labute approximate surface area is 116 Å². The Morgan fingerprint density at radius 1 is 1.25 bits per heavy atom. The van der Waals surface area contributed by atoms with Crippen LogP contribution in [0.2, 0.25) is 0 Å². The maximum Gasteiger partial charge on any atom is 0.124 e. The van der Waals surface area contributed by atoms with Crippen molar-refractivity contribution in [1.82, 2.24) is 0 Å². The van der Waals surface area contributed by atoms with Gasteiger partial charge >= 0.3 is 0 Å². The quantitative estimate of drug-likeness (QED) is 0.877. The van der Waals surface area contributed by atoms with E-state index in [0.717, 1.165) is 5.69 Å². The molecule has 0 saturated heterocycles. The molecule has 0 radical (unpaired) electrons. The van der Waals surface area contributed by atoms with Crippen LogP contribution in [0.3, 0.4) is 0 Å². The minimum absolute atomic E-state index is 0.248. The van der Waals surface area contributed by atoms with E-state index < -0.39 is 5.82 Å². The van der Waals surface area contributed by atoms with Gasteiger partial charge in [0, 0.05) is 18.3 Å². The molecule has 2 aromatic rings. The molecule has 0 aliphatic carbocycles. The zero-order chi connectivity index (χ0) is 14.4. The van der Waals surface area contributed by atoms with Crippen LogP contribution < -0.4 is 15.8 Å². The third-order valence-corrected chi connectivity index (χ3v) is 2.60. The Balaban J connectivity index is 2.20. The second-order valence-electron chi connectivity index (χ2n) is 4.09. The summed E-state index contributed by atoms with van der Waals surface area (Å²) in [6.45, 7) is 0.873. The van der Waals surface area contributed by atoms with Gasteiger partial charge in [-0.3, -0.25) is 0 Å². The Bertz CT molecular complexity index is 637. The summed E-state index contributed by atoms with van der Waals surface area (Å²) < 4.78 is 18.5.